The van der Waals surface area contributed by atoms with E-state index in [2.05, 4.69) is 58.3 Å². The zero-order valence-electron chi connectivity index (χ0n) is 12.2. The molecule has 1 aliphatic carbocycles. The number of aryl methyl sites for hydroxylation is 2. The Morgan fingerprint density at radius 1 is 1.25 bits per heavy atom. The van der Waals surface area contributed by atoms with Crippen molar-refractivity contribution >= 4 is 0 Å². The first-order chi connectivity index (χ1) is 9.80. The summed E-state index contributed by atoms with van der Waals surface area (Å²) in [5, 5.41) is 3.80. The van der Waals surface area contributed by atoms with Crippen LogP contribution in [-0.2, 0) is 12.1 Å². The molecule has 0 unspecified atom stereocenters. The zero-order valence-corrected chi connectivity index (χ0v) is 12.2. The van der Waals surface area contributed by atoms with Gasteiger partial charge < -0.3 is 9.88 Å². The molecule has 1 N–H and O–H groups in total. The first-order valence-corrected chi connectivity index (χ1v) is 7.58. The molecule has 106 valence electrons. The molecule has 3 heteroatoms. The average molecular weight is 269 g/mol. The quantitative estimate of drug-likeness (QED) is 0.816. The maximum absolute atomic E-state index is 4.26. The fraction of sp³-hybridized carbons (Fsp3) is 0.471. The predicted molar refractivity (Wildman–Crippen MR) is 81.6 cm³/mol. The van der Waals surface area contributed by atoms with Gasteiger partial charge in [-0.25, -0.2) is 4.98 Å². The third-order valence-electron chi connectivity index (χ3n) is 4.50. The van der Waals surface area contributed by atoms with Gasteiger partial charge in [0.15, 0.2) is 0 Å². The second kappa shape index (κ2) is 5.80. The van der Waals surface area contributed by atoms with Gasteiger partial charge in [0.25, 0.3) is 0 Å². The number of nitrogens with one attached hydrogen (secondary N) is 1. The lowest BCUT2D eigenvalue weighted by molar-refractivity contribution is 0.184. The molecule has 20 heavy (non-hydrogen) atoms. The van der Waals surface area contributed by atoms with Gasteiger partial charge in [-0.2, -0.15) is 0 Å². The molecule has 0 saturated heterocycles. The Labute approximate surface area is 121 Å². The van der Waals surface area contributed by atoms with Gasteiger partial charge in [0, 0.05) is 24.5 Å². The molecular weight excluding hydrogens is 246 g/mol. The third-order valence-corrected chi connectivity index (χ3v) is 4.50. The SMILES string of the molecule is Cc1nccn1CCCNC1(c2ccccc2)CCC1. The van der Waals surface area contributed by atoms with Gasteiger partial charge >= 0.3 is 0 Å². The van der Waals surface area contributed by atoms with Crippen molar-refractivity contribution in [2.45, 2.75) is 44.7 Å². The Balaban J connectivity index is 1.53. The third kappa shape index (κ3) is 2.63. The first kappa shape index (κ1) is 13.4. The standard InChI is InChI=1S/C17H23N3/c1-15-18-12-14-20(15)13-6-11-19-17(9-5-10-17)16-7-3-2-4-8-16/h2-4,7-8,12,14,19H,5-6,9-11,13H2,1H3. The lowest BCUT2D eigenvalue weighted by Gasteiger charge is -2.43. The number of hydrogen-bond acceptors (Lipinski definition) is 2. The number of aromatic nitrogens is 2. The summed E-state index contributed by atoms with van der Waals surface area (Å²) in [6, 6.07) is 10.9. The summed E-state index contributed by atoms with van der Waals surface area (Å²) in [6.45, 7) is 4.17. The Morgan fingerprint density at radius 3 is 2.65 bits per heavy atom. The van der Waals surface area contributed by atoms with E-state index in [0.717, 1.165) is 25.3 Å². The lowest BCUT2D eigenvalue weighted by Crippen LogP contribution is -2.48. The lowest BCUT2D eigenvalue weighted by atomic mass is 9.72. The highest BCUT2D eigenvalue weighted by Gasteiger charge is 2.37. The van der Waals surface area contributed by atoms with Crippen molar-refractivity contribution in [3.8, 4) is 0 Å². The Hall–Kier alpha value is -1.61. The fourth-order valence-electron chi connectivity index (χ4n) is 3.07. The van der Waals surface area contributed by atoms with Gasteiger partial charge in [-0.15, -0.1) is 0 Å². The van der Waals surface area contributed by atoms with Crippen LogP contribution in [0.2, 0.25) is 0 Å². The Bertz CT molecular complexity index is 540. The molecule has 1 aromatic heterocycles. The molecule has 1 aliphatic rings. The topological polar surface area (TPSA) is 29.9 Å². The van der Waals surface area contributed by atoms with Crippen molar-refractivity contribution in [1.29, 1.82) is 0 Å². The van der Waals surface area contributed by atoms with Gasteiger partial charge in [0.05, 0.1) is 0 Å². The Kier molecular flexibility index (Phi) is 3.88. The molecule has 0 amide bonds. The van der Waals surface area contributed by atoms with Crippen molar-refractivity contribution in [1.82, 2.24) is 14.9 Å². The minimum Gasteiger partial charge on any atom is -0.335 e. The molecule has 1 fully saturated rings. The second-order valence-electron chi connectivity index (χ2n) is 5.75. The molecule has 0 radical (unpaired) electrons. The summed E-state index contributed by atoms with van der Waals surface area (Å²) in [4.78, 5) is 4.26. The summed E-state index contributed by atoms with van der Waals surface area (Å²) in [6.07, 6.45) is 8.95. The highest BCUT2D eigenvalue weighted by Crippen LogP contribution is 2.40. The molecule has 2 aromatic rings. The van der Waals surface area contributed by atoms with E-state index in [1.807, 2.05) is 6.20 Å². The number of nitrogens with zero attached hydrogens (tertiary/aromatic N) is 2. The van der Waals surface area contributed by atoms with Crippen LogP contribution < -0.4 is 5.32 Å². The van der Waals surface area contributed by atoms with Gasteiger partial charge in [-0.1, -0.05) is 30.3 Å². The van der Waals surface area contributed by atoms with Crippen molar-refractivity contribution in [2.75, 3.05) is 6.54 Å². The summed E-state index contributed by atoms with van der Waals surface area (Å²) in [5.74, 6) is 1.10. The monoisotopic (exact) mass is 269 g/mol. The molecule has 1 heterocycles. The average Bonchev–Trinajstić information content (AvgIpc) is 2.84. The van der Waals surface area contributed by atoms with Crippen LogP contribution in [0.3, 0.4) is 0 Å². The van der Waals surface area contributed by atoms with Crippen LogP contribution >= 0.6 is 0 Å². The number of hydrogen-bond donors (Lipinski definition) is 1. The highest BCUT2D eigenvalue weighted by molar-refractivity contribution is 5.26. The molecule has 3 rings (SSSR count). The Morgan fingerprint density at radius 2 is 2.05 bits per heavy atom. The van der Waals surface area contributed by atoms with E-state index in [1.54, 1.807) is 0 Å². The number of benzene rings is 1. The van der Waals surface area contributed by atoms with E-state index >= 15 is 0 Å². The van der Waals surface area contributed by atoms with Crippen LogP contribution in [0, 0.1) is 6.92 Å². The molecule has 0 bridgehead atoms. The molecule has 1 saturated carbocycles. The van der Waals surface area contributed by atoms with Crippen molar-refractivity contribution in [3.63, 3.8) is 0 Å². The van der Waals surface area contributed by atoms with Crippen LogP contribution in [0.25, 0.3) is 0 Å². The van der Waals surface area contributed by atoms with E-state index in [4.69, 9.17) is 0 Å². The maximum atomic E-state index is 4.26. The highest BCUT2D eigenvalue weighted by atomic mass is 15.1. The predicted octanol–water partition coefficient (Wildman–Crippen LogP) is 3.25. The van der Waals surface area contributed by atoms with Gasteiger partial charge in [-0.3, -0.25) is 0 Å². The van der Waals surface area contributed by atoms with Crippen LogP contribution in [0.4, 0.5) is 0 Å². The summed E-state index contributed by atoms with van der Waals surface area (Å²) in [7, 11) is 0. The van der Waals surface area contributed by atoms with Crippen LogP contribution in [-0.4, -0.2) is 16.1 Å². The van der Waals surface area contributed by atoms with Crippen molar-refractivity contribution in [3.05, 3.63) is 54.1 Å². The molecule has 1 aromatic carbocycles. The molecule has 0 aliphatic heterocycles. The summed E-state index contributed by atoms with van der Waals surface area (Å²) < 4.78 is 2.22. The minimum absolute atomic E-state index is 0.241. The van der Waals surface area contributed by atoms with E-state index in [9.17, 15) is 0 Å². The van der Waals surface area contributed by atoms with E-state index in [-0.39, 0.29) is 5.54 Å². The smallest absolute Gasteiger partial charge is 0.105 e. The number of imidazole rings is 1. The number of rotatable bonds is 6. The molecule has 0 spiro atoms. The molecular formula is C17H23N3. The van der Waals surface area contributed by atoms with Crippen LogP contribution in [0.1, 0.15) is 37.1 Å². The maximum Gasteiger partial charge on any atom is 0.105 e. The first-order valence-electron chi connectivity index (χ1n) is 7.58. The van der Waals surface area contributed by atoms with E-state index in [0.29, 0.717) is 0 Å². The fourth-order valence-corrected chi connectivity index (χ4v) is 3.07. The normalized spacial score (nSPS) is 16.9. The zero-order chi connectivity index (χ0) is 13.8. The van der Waals surface area contributed by atoms with Gasteiger partial charge in [0.1, 0.15) is 5.82 Å². The molecule has 0 atom stereocenters. The van der Waals surface area contributed by atoms with E-state index < -0.39 is 0 Å². The van der Waals surface area contributed by atoms with Crippen LogP contribution in [0.5, 0.6) is 0 Å². The summed E-state index contributed by atoms with van der Waals surface area (Å²) in [5.41, 5.74) is 1.69. The van der Waals surface area contributed by atoms with Gasteiger partial charge in [-0.05, 0) is 44.7 Å². The van der Waals surface area contributed by atoms with E-state index in [1.165, 1.54) is 24.8 Å². The van der Waals surface area contributed by atoms with Gasteiger partial charge in [0.2, 0.25) is 0 Å². The largest absolute Gasteiger partial charge is 0.335 e. The molecule has 3 nitrogen and oxygen atoms in total. The summed E-state index contributed by atoms with van der Waals surface area (Å²) >= 11 is 0. The van der Waals surface area contributed by atoms with Crippen molar-refractivity contribution < 1.29 is 0 Å². The minimum atomic E-state index is 0.241. The van der Waals surface area contributed by atoms with Crippen LogP contribution in [0.15, 0.2) is 42.7 Å². The second-order valence-corrected chi connectivity index (χ2v) is 5.75. The van der Waals surface area contributed by atoms with Crippen molar-refractivity contribution in [2.24, 2.45) is 0 Å².